The van der Waals surface area contributed by atoms with E-state index in [9.17, 15) is 4.79 Å². The zero-order valence-electron chi connectivity index (χ0n) is 23.7. The maximum absolute atomic E-state index is 15.7. The fourth-order valence-corrected chi connectivity index (χ4v) is 10.1. The number of fused-ring (bicyclic) bond motifs is 5. The van der Waals surface area contributed by atoms with Gasteiger partial charge in [0.1, 0.15) is 16.4 Å². The summed E-state index contributed by atoms with van der Waals surface area (Å²) in [7, 11) is 0. The lowest BCUT2D eigenvalue weighted by Gasteiger charge is -2.17. The zero-order valence-corrected chi connectivity index (χ0v) is 27.0. The molecule has 0 bridgehead atoms. The average Bonchev–Trinajstić information content (AvgIpc) is 3.71. The number of thiophene rings is 4. The monoisotopic (exact) mass is 634 g/mol. The molecule has 0 saturated carbocycles. The minimum atomic E-state index is -0.608. The van der Waals surface area contributed by atoms with Crippen molar-refractivity contribution < 1.29 is 23.4 Å². The van der Waals surface area contributed by atoms with Crippen molar-refractivity contribution in [2.24, 2.45) is 0 Å². The number of benzene rings is 3. The van der Waals surface area contributed by atoms with Crippen LogP contribution in [0.15, 0.2) is 36.4 Å². The summed E-state index contributed by atoms with van der Waals surface area (Å²) in [5.41, 5.74) is 0. The van der Waals surface area contributed by atoms with Crippen LogP contribution in [0.4, 0.5) is 4.39 Å². The van der Waals surface area contributed by atoms with Gasteiger partial charge in [-0.25, -0.2) is 9.18 Å². The summed E-state index contributed by atoms with van der Waals surface area (Å²) in [6.45, 7) is 11.1. The van der Waals surface area contributed by atoms with E-state index in [0.29, 0.717) is 18.6 Å². The van der Waals surface area contributed by atoms with Crippen molar-refractivity contribution in [3.05, 3.63) is 56.8 Å². The summed E-state index contributed by atoms with van der Waals surface area (Å²) in [5, 5.41) is 6.83. The maximum atomic E-state index is 15.7. The molecule has 0 aliphatic rings. The van der Waals surface area contributed by atoms with Crippen LogP contribution >= 0.6 is 45.3 Å². The molecule has 3 aromatic carbocycles. The molecule has 214 valence electrons. The second-order valence-corrected chi connectivity index (χ2v) is 14.6. The highest BCUT2D eigenvalue weighted by Gasteiger charge is 2.27. The lowest BCUT2D eigenvalue weighted by Crippen LogP contribution is -2.03. The van der Waals surface area contributed by atoms with Crippen LogP contribution in [0.3, 0.4) is 0 Å². The Kier molecular flexibility index (Phi) is 6.89. The first-order valence-corrected chi connectivity index (χ1v) is 17.1. The zero-order chi connectivity index (χ0) is 29.3. The van der Waals surface area contributed by atoms with Crippen molar-refractivity contribution >= 4 is 103 Å². The van der Waals surface area contributed by atoms with E-state index in [-0.39, 0.29) is 11.5 Å². The molecule has 0 saturated heterocycles. The summed E-state index contributed by atoms with van der Waals surface area (Å²) in [6.07, 6.45) is 0. The molecule has 7 rings (SSSR count). The lowest BCUT2D eigenvalue weighted by molar-refractivity contribution is 0.0527. The average molecular weight is 635 g/mol. The molecule has 0 unspecified atom stereocenters. The highest BCUT2D eigenvalue weighted by Crippen LogP contribution is 2.51. The van der Waals surface area contributed by atoms with Gasteiger partial charge in [-0.2, -0.15) is 0 Å². The first kappa shape index (κ1) is 27.6. The van der Waals surface area contributed by atoms with Gasteiger partial charge in [0.2, 0.25) is 0 Å². The van der Waals surface area contributed by atoms with Gasteiger partial charge in [0.25, 0.3) is 0 Å². The first-order valence-electron chi connectivity index (χ1n) is 13.8. The Balaban J connectivity index is 1.50. The molecule has 0 atom stereocenters. The predicted molar refractivity (Wildman–Crippen MR) is 179 cm³/mol. The minimum absolute atomic E-state index is 0.0374. The van der Waals surface area contributed by atoms with Gasteiger partial charge in [0.15, 0.2) is 5.82 Å². The van der Waals surface area contributed by atoms with E-state index in [2.05, 4.69) is 43.3 Å². The number of halogens is 1. The van der Waals surface area contributed by atoms with Gasteiger partial charge < -0.3 is 14.2 Å². The molecule has 42 heavy (non-hydrogen) atoms. The Bertz CT molecular complexity index is 2100. The molecule has 4 nitrogen and oxygen atoms in total. The van der Waals surface area contributed by atoms with Crippen molar-refractivity contribution in [1.29, 1.82) is 0 Å². The van der Waals surface area contributed by atoms with E-state index in [1.165, 1.54) is 26.3 Å². The van der Waals surface area contributed by atoms with Crippen LogP contribution in [0.2, 0.25) is 0 Å². The van der Waals surface area contributed by atoms with Crippen LogP contribution in [-0.4, -0.2) is 25.8 Å². The normalized spacial score (nSPS) is 12.0. The van der Waals surface area contributed by atoms with E-state index in [0.717, 1.165) is 62.5 Å². The fraction of sp³-hybridized carbons (Fsp3) is 0.242. The van der Waals surface area contributed by atoms with Gasteiger partial charge >= 0.3 is 5.97 Å². The van der Waals surface area contributed by atoms with Gasteiger partial charge in [-0.15, -0.1) is 45.3 Å². The molecule has 0 N–H and O–H groups in total. The standard InChI is InChI=1S/C33H27FO4S4/c1-6-36-28-19-10-17-9-15(4)39-23(17)13-21(19)29(37-7-2)20-11-18-12-25(41-24(18)14-22(20)28)31-26-27(34)32(33(35)38-8-3)42-30(26)16(5)40-31/h9-14H,6-8H2,1-5H3. The summed E-state index contributed by atoms with van der Waals surface area (Å²) in [5.74, 6) is 0.606. The van der Waals surface area contributed by atoms with E-state index < -0.39 is 11.8 Å². The number of hydrogen-bond donors (Lipinski definition) is 0. The van der Waals surface area contributed by atoms with Crippen LogP contribution in [0.25, 0.3) is 61.6 Å². The topological polar surface area (TPSA) is 44.8 Å². The maximum Gasteiger partial charge on any atom is 0.351 e. The molecule has 0 spiro atoms. The molecule has 0 aliphatic carbocycles. The Morgan fingerprint density at radius 1 is 0.738 bits per heavy atom. The fourth-order valence-electron chi connectivity index (χ4n) is 5.67. The molecule has 0 radical (unpaired) electrons. The molecular formula is C33H27FO4S4. The lowest BCUT2D eigenvalue weighted by atomic mass is 9.98. The number of carbonyl (C=O) groups is 1. The highest BCUT2D eigenvalue weighted by atomic mass is 32.1. The predicted octanol–water partition coefficient (Wildman–Crippen LogP) is 11.1. The first-order chi connectivity index (χ1) is 20.3. The third kappa shape index (κ3) is 4.20. The summed E-state index contributed by atoms with van der Waals surface area (Å²) in [4.78, 5) is 16.5. The summed E-state index contributed by atoms with van der Waals surface area (Å²) in [6, 6.07) is 13.1. The second-order valence-electron chi connectivity index (χ2n) is 10.0. The van der Waals surface area contributed by atoms with Crippen molar-refractivity contribution in [1.82, 2.24) is 0 Å². The van der Waals surface area contributed by atoms with Gasteiger partial charge in [0.05, 0.1) is 29.4 Å². The van der Waals surface area contributed by atoms with Crippen LogP contribution in [0.5, 0.6) is 11.5 Å². The Hall–Kier alpha value is -3.24. The Morgan fingerprint density at radius 2 is 1.33 bits per heavy atom. The number of ether oxygens (including phenoxy) is 3. The van der Waals surface area contributed by atoms with Gasteiger partial charge in [-0.3, -0.25) is 0 Å². The van der Waals surface area contributed by atoms with Crippen LogP contribution in [0.1, 0.15) is 40.2 Å². The molecule has 4 heterocycles. The molecule has 7 aromatic rings. The Labute approximate surface area is 257 Å². The molecule has 0 amide bonds. The summed E-state index contributed by atoms with van der Waals surface area (Å²) >= 11 is 6.14. The summed E-state index contributed by atoms with van der Waals surface area (Å²) < 4.78 is 36.6. The number of hydrogen-bond acceptors (Lipinski definition) is 8. The van der Waals surface area contributed by atoms with E-state index in [1.807, 2.05) is 20.8 Å². The van der Waals surface area contributed by atoms with E-state index in [4.69, 9.17) is 14.2 Å². The third-order valence-electron chi connectivity index (χ3n) is 7.33. The molecule has 4 aromatic heterocycles. The van der Waals surface area contributed by atoms with Crippen molar-refractivity contribution in [2.75, 3.05) is 19.8 Å². The number of aryl methyl sites for hydroxylation is 2. The van der Waals surface area contributed by atoms with Crippen molar-refractivity contribution in [3.8, 4) is 21.3 Å². The molecule has 0 fully saturated rings. The van der Waals surface area contributed by atoms with Gasteiger partial charge in [-0.1, -0.05) is 0 Å². The minimum Gasteiger partial charge on any atom is -0.493 e. The van der Waals surface area contributed by atoms with Gasteiger partial charge in [0, 0.05) is 51.0 Å². The number of esters is 1. The quantitative estimate of drug-likeness (QED) is 0.129. The molecule has 0 aliphatic heterocycles. The molecule has 9 heteroatoms. The number of rotatable bonds is 7. The Morgan fingerprint density at radius 3 is 1.95 bits per heavy atom. The highest BCUT2D eigenvalue weighted by molar-refractivity contribution is 7.30. The second kappa shape index (κ2) is 10.5. The van der Waals surface area contributed by atoms with Crippen LogP contribution in [-0.2, 0) is 4.74 Å². The number of carbonyl (C=O) groups excluding carboxylic acids is 1. The largest absolute Gasteiger partial charge is 0.493 e. The van der Waals surface area contributed by atoms with E-state index in [1.54, 1.807) is 40.9 Å². The van der Waals surface area contributed by atoms with Crippen molar-refractivity contribution in [2.45, 2.75) is 34.6 Å². The molecular weight excluding hydrogens is 608 g/mol. The smallest absolute Gasteiger partial charge is 0.351 e. The van der Waals surface area contributed by atoms with Crippen molar-refractivity contribution in [3.63, 3.8) is 0 Å². The van der Waals surface area contributed by atoms with Crippen LogP contribution < -0.4 is 9.47 Å². The van der Waals surface area contributed by atoms with E-state index >= 15 is 4.39 Å². The van der Waals surface area contributed by atoms with Gasteiger partial charge in [-0.05, 0) is 81.8 Å². The SMILES string of the molecule is CCOC(=O)c1sc2c(C)sc(-c3cc4cc5c(OCC)c6cc7sc(C)cc7cc6c(OCC)c5cc4s3)c2c1F. The third-order valence-corrected chi connectivity index (χ3v) is 12.1. The van der Waals surface area contributed by atoms with Crippen LogP contribution in [0, 0.1) is 19.7 Å².